The van der Waals surface area contributed by atoms with Crippen LogP contribution >= 0.6 is 0 Å². The fraction of sp³-hybridized carbons (Fsp3) is 0.500. The van der Waals surface area contributed by atoms with Crippen LogP contribution in [0.25, 0.3) is 0 Å². The summed E-state index contributed by atoms with van der Waals surface area (Å²) in [6, 6.07) is 7.88. The maximum Gasteiger partial charge on any atom is 0.150 e. The van der Waals surface area contributed by atoms with Crippen LogP contribution in [0.3, 0.4) is 0 Å². The van der Waals surface area contributed by atoms with Crippen molar-refractivity contribution in [3.63, 3.8) is 0 Å². The quantitative estimate of drug-likeness (QED) is 0.709. The SMILES string of the molecule is CC1(C)CCCN(c2ccc(C=O)cc2)C1. The Labute approximate surface area is 97.3 Å². The summed E-state index contributed by atoms with van der Waals surface area (Å²) in [7, 11) is 0. The number of rotatable bonds is 2. The molecular formula is C14H19NO. The summed E-state index contributed by atoms with van der Waals surface area (Å²) in [4.78, 5) is 13.0. The molecule has 0 radical (unpaired) electrons. The number of aldehydes is 1. The van der Waals surface area contributed by atoms with Gasteiger partial charge in [-0.15, -0.1) is 0 Å². The molecule has 1 aliphatic heterocycles. The van der Waals surface area contributed by atoms with Crippen LogP contribution in [0.15, 0.2) is 24.3 Å². The van der Waals surface area contributed by atoms with Gasteiger partial charge in [0.1, 0.15) is 6.29 Å². The smallest absolute Gasteiger partial charge is 0.150 e. The standard InChI is InChI=1S/C14H19NO/c1-14(2)8-3-9-15(11-14)13-6-4-12(10-16)5-7-13/h4-7,10H,3,8-9,11H2,1-2H3. The minimum absolute atomic E-state index is 0.404. The van der Waals surface area contributed by atoms with Crippen LogP contribution in [-0.4, -0.2) is 19.4 Å². The highest BCUT2D eigenvalue weighted by molar-refractivity contribution is 5.75. The summed E-state index contributed by atoms with van der Waals surface area (Å²) in [5.41, 5.74) is 2.39. The molecule has 1 fully saturated rings. The Morgan fingerprint density at radius 3 is 2.50 bits per heavy atom. The van der Waals surface area contributed by atoms with Gasteiger partial charge in [-0.2, -0.15) is 0 Å². The van der Waals surface area contributed by atoms with Gasteiger partial charge < -0.3 is 4.90 Å². The van der Waals surface area contributed by atoms with Crippen LogP contribution < -0.4 is 4.90 Å². The Balaban J connectivity index is 2.14. The molecule has 0 aromatic heterocycles. The van der Waals surface area contributed by atoms with Gasteiger partial charge in [0.25, 0.3) is 0 Å². The van der Waals surface area contributed by atoms with Crippen molar-refractivity contribution in [2.24, 2.45) is 5.41 Å². The first-order chi connectivity index (χ1) is 7.61. The Hall–Kier alpha value is -1.31. The molecule has 1 saturated heterocycles. The average Bonchev–Trinajstić information content (AvgIpc) is 2.28. The summed E-state index contributed by atoms with van der Waals surface area (Å²) in [6.45, 7) is 6.87. The van der Waals surface area contributed by atoms with Crippen LogP contribution in [0.2, 0.25) is 0 Å². The van der Waals surface area contributed by atoms with Gasteiger partial charge in [-0.25, -0.2) is 0 Å². The molecule has 1 aromatic rings. The Kier molecular flexibility index (Phi) is 2.99. The third-order valence-corrected chi connectivity index (χ3v) is 3.29. The van der Waals surface area contributed by atoms with E-state index >= 15 is 0 Å². The van der Waals surface area contributed by atoms with Crippen molar-refractivity contribution in [3.05, 3.63) is 29.8 Å². The first-order valence-electron chi connectivity index (χ1n) is 5.91. The number of benzene rings is 1. The molecule has 2 rings (SSSR count). The zero-order valence-corrected chi connectivity index (χ0v) is 10.1. The number of hydrogen-bond donors (Lipinski definition) is 0. The molecule has 1 heterocycles. The van der Waals surface area contributed by atoms with Crippen LogP contribution in [0.1, 0.15) is 37.0 Å². The lowest BCUT2D eigenvalue weighted by atomic mass is 9.84. The number of carbonyl (C=O) groups is 1. The van der Waals surface area contributed by atoms with Crippen molar-refractivity contribution in [3.8, 4) is 0 Å². The van der Waals surface area contributed by atoms with Gasteiger partial charge in [-0.1, -0.05) is 13.8 Å². The van der Waals surface area contributed by atoms with E-state index in [2.05, 4.69) is 18.7 Å². The Morgan fingerprint density at radius 2 is 1.94 bits per heavy atom. The van der Waals surface area contributed by atoms with E-state index in [1.807, 2.05) is 24.3 Å². The van der Waals surface area contributed by atoms with Gasteiger partial charge in [-0.05, 0) is 42.5 Å². The van der Waals surface area contributed by atoms with Crippen molar-refractivity contribution in [2.75, 3.05) is 18.0 Å². The number of carbonyl (C=O) groups excluding carboxylic acids is 1. The van der Waals surface area contributed by atoms with Gasteiger partial charge in [0.2, 0.25) is 0 Å². The largest absolute Gasteiger partial charge is 0.371 e. The second kappa shape index (κ2) is 4.28. The van der Waals surface area contributed by atoms with E-state index in [9.17, 15) is 4.79 Å². The summed E-state index contributed by atoms with van der Waals surface area (Å²) in [5.74, 6) is 0. The van der Waals surface area contributed by atoms with Crippen molar-refractivity contribution in [1.82, 2.24) is 0 Å². The van der Waals surface area contributed by atoms with E-state index < -0.39 is 0 Å². The predicted molar refractivity (Wildman–Crippen MR) is 67.1 cm³/mol. The lowest BCUT2D eigenvalue weighted by molar-refractivity contribution is 0.112. The minimum Gasteiger partial charge on any atom is -0.371 e. The molecule has 2 heteroatoms. The van der Waals surface area contributed by atoms with E-state index in [4.69, 9.17) is 0 Å². The summed E-state index contributed by atoms with van der Waals surface area (Å²) in [5, 5.41) is 0. The van der Waals surface area contributed by atoms with E-state index in [1.54, 1.807) is 0 Å². The van der Waals surface area contributed by atoms with Gasteiger partial charge in [-0.3, -0.25) is 4.79 Å². The van der Waals surface area contributed by atoms with E-state index in [0.717, 1.165) is 24.9 Å². The number of anilines is 1. The van der Waals surface area contributed by atoms with Crippen LogP contribution in [0.5, 0.6) is 0 Å². The molecule has 0 unspecified atom stereocenters. The maximum atomic E-state index is 10.6. The highest BCUT2D eigenvalue weighted by Crippen LogP contribution is 2.31. The second-order valence-electron chi connectivity index (χ2n) is 5.40. The zero-order chi connectivity index (χ0) is 11.6. The van der Waals surface area contributed by atoms with Crippen molar-refractivity contribution in [1.29, 1.82) is 0 Å². The van der Waals surface area contributed by atoms with Gasteiger partial charge in [0.05, 0.1) is 0 Å². The average molecular weight is 217 g/mol. The van der Waals surface area contributed by atoms with E-state index in [-0.39, 0.29) is 0 Å². The molecule has 0 N–H and O–H groups in total. The lowest BCUT2D eigenvalue weighted by Gasteiger charge is -2.39. The Morgan fingerprint density at radius 1 is 1.25 bits per heavy atom. The first kappa shape index (κ1) is 11.2. The van der Waals surface area contributed by atoms with Gasteiger partial charge >= 0.3 is 0 Å². The maximum absolute atomic E-state index is 10.6. The minimum atomic E-state index is 0.404. The Bertz CT molecular complexity index is 367. The number of piperidine rings is 1. The van der Waals surface area contributed by atoms with Crippen LogP contribution in [0, 0.1) is 5.41 Å². The van der Waals surface area contributed by atoms with Gasteiger partial charge in [0.15, 0.2) is 0 Å². The molecule has 0 bridgehead atoms. The molecule has 1 aliphatic rings. The molecule has 86 valence electrons. The van der Waals surface area contributed by atoms with Crippen molar-refractivity contribution in [2.45, 2.75) is 26.7 Å². The van der Waals surface area contributed by atoms with E-state index in [1.165, 1.54) is 18.5 Å². The molecule has 0 atom stereocenters. The molecule has 0 saturated carbocycles. The van der Waals surface area contributed by atoms with Crippen LogP contribution in [-0.2, 0) is 0 Å². The third-order valence-electron chi connectivity index (χ3n) is 3.29. The lowest BCUT2D eigenvalue weighted by Crippen LogP contribution is -2.40. The number of hydrogen-bond acceptors (Lipinski definition) is 2. The van der Waals surface area contributed by atoms with Crippen molar-refractivity contribution >= 4 is 12.0 Å². The van der Waals surface area contributed by atoms with Crippen molar-refractivity contribution < 1.29 is 4.79 Å². The monoisotopic (exact) mass is 217 g/mol. The van der Waals surface area contributed by atoms with E-state index in [0.29, 0.717) is 5.41 Å². The number of nitrogens with zero attached hydrogens (tertiary/aromatic N) is 1. The first-order valence-corrected chi connectivity index (χ1v) is 5.91. The third kappa shape index (κ3) is 2.43. The summed E-state index contributed by atoms with van der Waals surface area (Å²) in [6.07, 6.45) is 3.45. The molecule has 0 spiro atoms. The highest BCUT2D eigenvalue weighted by atomic mass is 16.1. The molecule has 1 aromatic carbocycles. The summed E-state index contributed by atoms with van der Waals surface area (Å²) >= 11 is 0. The molecule has 0 aliphatic carbocycles. The summed E-state index contributed by atoms with van der Waals surface area (Å²) < 4.78 is 0. The van der Waals surface area contributed by atoms with Gasteiger partial charge in [0, 0.05) is 24.3 Å². The highest BCUT2D eigenvalue weighted by Gasteiger charge is 2.26. The van der Waals surface area contributed by atoms with Crippen LogP contribution in [0.4, 0.5) is 5.69 Å². The zero-order valence-electron chi connectivity index (χ0n) is 10.1. The second-order valence-corrected chi connectivity index (χ2v) is 5.40. The molecule has 0 amide bonds. The predicted octanol–water partition coefficient (Wildman–Crippen LogP) is 3.13. The molecule has 2 nitrogen and oxygen atoms in total. The fourth-order valence-corrected chi connectivity index (χ4v) is 2.41. The molecular weight excluding hydrogens is 198 g/mol. The topological polar surface area (TPSA) is 20.3 Å². The fourth-order valence-electron chi connectivity index (χ4n) is 2.41. The molecule has 16 heavy (non-hydrogen) atoms. The normalized spacial score (nSPS) is 19.5.